The number of hydrogen-bond donors (Lipinski definition) is 3. The number of quaternary nitrogens is 1. The monoisotopic (exact) mass is 361 g/mol. The highest BCUT2D eigenvalue weighted by atomic mass is 19.1. The Morgan fingerprint density at radius 3 is 2.26 bits per heavy atom. The highest BCUT2D eigenvalue weighted by Gasteiger charge is 2.30. The molecule has 0 saturated heterocycles. The van der Waals surface area contributed by atoms with Gasteiger partial charge >= 0.3 is 0 Å². The molecule has 1 heterocycles. The van der Waals surface area contributed by atoms with E-state index in [0.29, 0.717) is 5.56 Å². The smallest absolute Gasteiger partial charge is 0.189 e. The summed E-state index contributed by atoms with van der Waals surface area (Å²) in [6.45, 7) is 2.05. The van der Waals surface area contributed by atoms with Gasteiger partial charge in [-0.25, -0.2) is 4.39 Å². The lowest BCUT2D eigenvalue weighted by atomic mass is 9.97. The number of nitrogens with two attached hydrogens (primary N) is 1. The Balaban J connectivity index is 1.78. The zero-order valence-electron chi connectivity index (χ0n) is 15.1. The molecule has 2 unspecified atom stereocenters. The number of para-hydroxylation sites is 1. The van der Waals surface area contributed by atoms with Crippen LogP contribution in [0.5, 0.6) is 5.75 Å². The van der Waals surface area contributed by atoms with Gasteiger partial charge in [0.05, 0.1) is 11.1 Å². The lowest BCUT2D eigenvalue weighted by molar-refractivity contribution is -0.731. The molecule has 27 heavy (non-hydrogen) atoms. The molecule has 4 N–H and O–H groups in total. The molecule has 0 amide bonds. The van der Waals surface area contributed by atoms with Gasteiger partial charge in [-0.1, -0.05) is 54.1 Å². The minimum atomic E-state index is -0.294. The SMILES string of the molecule is Cc1ccc(C2=CC(c3ccccc3O)[NH2+]C(c3ccccc3F)N2)cc1. The van der Waals surface area contributed by atoms with E-state index in [1.54, 1.807) is 24.3 Å². The fourth-order valence-electron chi connectivity index (χ4n) is 3.49. The highest BCUT2D eigenvalue weighted by molar-refractivity contribution is 5.66. The maximum atomic E-state index is 14.4. The van der Waals surface area contributed by atoms with E-state index in [4.69, 9.17) is 0 Å². The molecule has 2 atom stereocenters. The first kappa shape index (κ1) is 17.3. The van der Waals surface area contributed by atoms with Crippen LogP contribution >= 0.6 is 0 Å². The molecule has 1 aliphatic rings. The van der Waals surface area contributed by atoms with Crippen LogP contribution in [-0.4, -0.2) is 5.11 Å². The number of phenols is 1. The van der Waals surface area contributed by atoms with E-state index in [9.17, 15) is 9.50 Å². The molecule has 4 heteroatoms. The van der Waals surface area contributed by atoms with Gasteiger partial charge in [0.1, 0.15) is 17.6 Å². The second kappa shape index (κ2) is 7.25. The molecule has 3 nitrogen and oxygen atoms in total. The van der Waals surface area contributed by atoms with Crippen LogP contribution < -0.4 is 10.6 Å². The predicted octanol–water partition coefficient (Wildman–Crippen LogP) is 3.79. The van der Waals surface area contributed by atoms with Crippen LogP contribution in [-0.2, 0) is 0 Å². The normalized spacial score (nSPS) is 19.3. The summed E-state index contributed by atoms with van der Waals surface area (Å²) in [7, 11) is 0. The quantitative estimate of drug-likeness (QED) is 0.665. The van der Waals surface area contributed by atoms with Gasteiger partial charge in [0, 0.05) is 11.8 Å². The van der Waals surface area contributed by atoms with Crippen molar-refractivity contribution >= 4 is 5.70 Å². The molecule has 0 radical (unpaired) electrons. The summed E-state index contributed by atoms with van der Waals surface area (Å²) in [6.07, 6.45) is 1.79. The third-order valence-electron chi connectivity index (χ3n) is 4.96. The van der Waals surface area contributed by atoms with Crippen molar-refractivity contribution in [2.45, 2.75) is 19.1 Å². The summed E-state index contributed by atoms with van der Waals surface area (Å²) in [6, 6.07) is 22.2. The Morgan fingerprint density at radius 2 is 1.56 bits per heavy atom. The first-order chi connectivity index (χ1) is 13.1. The molecule has 3 aromatic carbocycles. The summed E-state index contributed by atoms with van der Waals surface area (Å²) in [5, 5.41) is 15.8. The van der Waals surface area contributed by atoms with Crippen LogP contribution in [0.25, 0.3) is 5.70 Å². The molecule has 0 saturated carbocycles. The summed E-state index contributed by atoms with van der Waals surface area (Å²) in [5.41, 5.74) is 4.56. The molecule has 1 aliphatic heterocycles. The van der Waals surface area contributed by atoms with Crippen LogP contribution in [0.1, 0.15) is 34.5 Å². The van der Waals surface area contributed by atoms with Crippen molar-refractivity contribution < 1.29 is 14.8 Å². The first-order valence-corrected chi connectivity index (χ1v) is 9.04. The van der Waals surface area contributed by atoms with Crippen molar-refractivity contribution in [2.75, 3.05) is 0 Å². The summed E-state index contributed by atoms with van der Waals surface area (Å²) in [4.78, 5) is 0. The standard InChI is InChI=1S/C23H21FN2O/c1-15-10-12-16(13-11-15)20-14-21(18-7-3-5-9-22(18)27)26-23(25-20)17-6-2-4-8-19(17)24/h2-14,21,23,25-27H,1H3/p+1. The average Bonchev–Trinajstić information content (AvgIpc) is 2.69. The minimum absolute atomic E-state index is 0.131. The Labute approximate surface area is 158 Å². The predicted molar refractivity (Wildman–Crippen MR) is 104 cm³/mol. The molecule has 4 rings (SSSR count). The number of aryl methyl sites for hydroxylation is 1. The van der Waals surface area contributed by atoms with Crippen molar-refractivity contribution in [1.82, 2.24) is 5.32 Å². The van der Waals surface area contributed by atoms with Crippen LogP contribution in [0.3, 0.4) is 0 Å². The molecular weight excluding hydrogens is 339 g/mol. The fourth-order valence-corrected chi connectivity index (χ4v) is 3.49. The number of phenolic OH excluding ortho intramolecular Hbond substituents is 1. The molecule has 0 aromatic heterocycles. The number of halogens is 1. The van der Waals surface area contributed by atoms with E-state index < -0.39 is 0 Å². The van der Waals surface area contributed by atoms with E-state index >= 15 is 0 Å². The zero-order chi connectivity index (χ0) is 18.8. The molecule has 136 valence electrons. The van der Waals surface area contributed by atoms with Crippen LogP contribution in [0.4, 0.5) is 4.39 Å². The minimum Gasteiger partial charge on any atom is -0.507 e. The number of benzene rings is 3. The molecule has 0 bridgehead atoms. The summed E-state index contributed by atoms with van der Waals surface area (Å²) >= 11 is 0. The van der Waals surface area contributed by atoms with Crippen LogP contribution in [0, 0.1) is 12.7 Å². The van der Waals surface area contributed by atoms with E-state index in [1.807, 2.05) is 30.4 Å². The topological polar surface area (TPSA) is 48.9 Å². The Kier molecular flexibility index (Phi) is 4.65. The average molecular weight is 361 g/mol. The second-order valence-electron chi connectivity index (χ2n) is 6.87. The largest absolute Gasteiger partial charge is 0.507 e. The number of hydrogen-bond acceptors (Lipinski definition) is 2. The summed E-state index contributed by atoms with van der Waals surface area (Å²) < 4.78 is 14.4. The zero-order valence-corrected chi connectivity index (χ0v) is 15.1. The third kappa shape index (κ3) is 3.57. The van der Waals surface area contributed by atoms with Crippen molar-refractivity contribution in [3.8, 4) is 5.75 Å². The number of aromatic hydroxyl groups is 1. The van der Waals surface area contributed by atoms with Gasteiger partial charge in [-0.05, 0) is 36.8 Å². The lowest BCUT2D eigenvalue weighted by Crippen LogP contribution is -2.90. The summed E-state index contributed by atoms with van der Waals surface area (Å²) in [5.74, 6) is -0.000112. The van der Waals surface area contributed by atoms with Crippen LogP contribution in [0.15, 0.2) is 78.9 Å². The van der Waals surface area contributed by atoms with Crippen molar-refractivity contribution in [3.05, 3.63) is 107 Å². The molecular formula is C23H22FN2O+. The van der Waals surface area contributed by atoms with Gasteiger partial charge < -0.3 is 15.7 Å². The fraction of sp³-hybridized carbons (Fsp3) is 0.130. The molecule has 3 aromatic rings. The van der Waals surface area contributed by atoms with Crippen LogP contribution in [0.2, 0.25) is 0 Å². The van der Waals surface area contributed by atoms with Gasteiger partial charge in [-0.2, -0.15) is 0 Å². The van der Waals surface area contributed by atoms with E-state index in [-0.39, 0.29) is 23.8 Å². The van der Waals surface area contributed by atoms with Gasteiger partial charge in [-0.3, -0.25) is 0 Å². The van der Waals surface area contributed by atoms with Gasteiger partial charge in [-0.15, -0.1) is 0 Å². The lowest BCUT2D eigenvalue weighted by Gasteiger charge is -2.30. The van der Waals surface area contributed by atoms with E-state index in [2.05, 4.69) is 35.7 Å². The van der Waals surface area contributed by atoms with Crippen molar-refractivity contribution in [1.29, 1.82) is 0 Å². The van der Waals surface area contributed by atoms with E-state index in [0.717, 1.165) is 16.8 Å². The number of rotatable bonds is 3. The second-order valence-corrected chi connectivity index (χ2v) is 6.87. The van der Waals surface area contributed by atoms with Crippen molar-refractivity contribution in [2.24, 2.45) is 0 Å². The Bertz CT molecular complexity index is 982. The van der Waals surface area contributed by atoms with Gasteiger partial charge in [0.15, 0.2) is 6.17 Å². The number of nitrogens with one attached hydrogen (secondary N) is 1. The Morgan fingerprint density at radius 1 is 0.889 bits per heavy atom. The maximum absolute atomic E-state index is 14.4. The molecule has 0 fully saturated rings. The maximum Gasteiger partial charge on any atom is 0.189 e. The molecule has 0 spiro atoms. The van der Waals surface area contributed by atoms with E-state index in [1.165, 1.54) is 11.6 Å². The third-order valence-corrected chi connectivity index (χ3v) is 4.96. The highest BCUT2D eigenvalue weighted by Crippen LogP contribution is 2.29. The first-order valence-electron chi connectivity index (χ1n) is 9.04. The van der Waals surface area contributed by atoms with Crippen molar-refractivity contribution in [3.63, 3.8) is 0 Å². The molecule has 0 aliphatic carbocycles. The Hall–Kier alpha value is -3.11. The van der Waals surface area contributed by atoms with Gasteiger partial charge in [0.2, 0.25) is 0 Å². The van der Waals surface area contributed by atoms with Gasteiger partial charge in [0.25, 0.3) is 0 Å².